The Bertz CT molecular complexity index is 1120. The van der Waals surface area contributed by atoms with Gasteiger partial charge in [0.2, 0.25) is 0 Å². The number of ether oxygens (including phenoxy) is 2. The number of nitrogens with one attached hydrogen (secondary N) is 2. The Kier molecular flexibility index (Phi) is 8.34. The van der Waals surface area contributed by atoms with E-state index in [1.807, 2.05) is 31.2 Å². The van der Waals surface area contributed by atoms with Gasteiger partial charge in [-0.2, -0.15) is 0 Å². The number of carbonyl (C=O) groups excluding carboxylic acids is 2. The molecule has 2 N–H and O–H groups in total. The molecule has 0 saturated heterocycles. The van der Waals surface area contributed by atoms with Crippen LogP contribution < -0.4 is 20.3 Å². The van der Waals surface area contributed by atoms with Gasteiger partial charge in [-0.3, -0.25) is 20.4 Å². The number of amides is 2. The fourth-order valence-electron chi connectivity index (χ4n) is 2.70. The Hall–Kier alpha value is -2.10. The lowest BCUT2D eigenvalue weighted by molar-refractivity contribution is -0.123. The summed E-state index contributed by atoms with van der Waals surface area (Å²) in [5.74, 6) is 0.249. The van der Waals surface area contributed by atoms with E-state index in [0.29, 0.717) is 28.1 Å². The van der Waals surface area contributed by atoms with Gasteiger partial charge in [0.25, 0.3) is 11.8 Å². The van der Waals surface area contributed by atoms with E-state index in [4.69, 9.17) is 9.47 Å². The van der Waals surface area contributed by atoms with Gasteiger partial charge in [-0.15, -0.1) is 0 Å². The number of benzene rings is 3. The van der Waals surface area contributed by atoms with Gasteiger partial charge in [0, 0.05) is 10.0 Å². The third-order valence-electron chi connectivity index (χ3n) is 4.21. The van der Waals surface area contributed by atoms with Crippen molar-refractivity contribution in [3.63, 3.8) is 0 Å². The summed E-state index contributed by atoms with van der Waals surface area (Å²) in [6.45, 7) is 2.35. The first-order chi connectivity index (χ1) is 14.9. The Morgan fingerprint density at radius 2 is 1.68 bits per heavy atom. The minimum Gasteiger partial charge on any atom is -0.492 e. The predicted octanol–water partition coefficient (Wildman–Crippen LogP) is 5.76. The van der Waals surface area contributed by atoms with Crippen LogP contribution in [0.25, 0.3) is 10.8 Å². The van der Waals surface area contributed by atoms with Crippen LogP contribution in [0.4, 0.5) is 0 Å². The van der Waals surface area contributed by atoms with Gasteiger partial charge < -0.3 is 9.47 Å². The van der Waals surface area contributed by atoms with Gasteiger partial charge in [-0.05, 0) is 85.5 Å². The molecule has 0 saturated carbocycles. The van der Waals surface area contributed by atoms with Gasteiger partial charge >= 0.3 is 0 Å². The summed E-state index contributed by atoms with van der Waals surface area (Å²) in [4.78, 5) is 24.4. The Labute approximate surface area is 205 Å². The van der Waals surface area contributed by atoms with Crippen molar-refractivity contribution >= 4 is 70.4 Å². The van der Waals surface area contributed by atoms with Gasteiger partial charge in [0.15, 0.2) is 6.61 Å². The molecule has 0 aromatic heterocycles. The summed E-state index contributed by atoms with van der Waals surface area (Å²) in [5, 5.41) is 1.99. The maximum Gasteiger partial charge on any atom is 0.276 e. The van der Waals surface area contributed by atoms with Crippen LogP contribution >= 0.6 is 47.8 Å². The summed E-state index contributed by atoms with van der Waals surface area (Å²) in [6.07, 6.45) is 0.885. The van der Waals surface area contributed by atoms with Gasteiger partial charge in [0.05, 0.1) is 15.6 Å². The number of rotatable bonds is 7. The maximum absolute atomic E-state index is 12.3. The topological polar surface area (TPSA) is 76.7 Å². The van der Waals surface area contributed by atoms with Crippen molar-refractivity contribution in [2.24, 2.45) is 0 Å². The first-order valence-electron chi connectivity index (χ1n) is 9.41. The summed E-state index contributed by atoms with van der Waals surface area (Å²) < 4.78 is 13.6. The van der Waals surface area contributed by atoms with Crippen molar-refractivity contribution in [1.82, 2.24) is 10.9 Å². The molecule has 0 bridgehead atoms. The Morgan fingerprint density at radius 1 is 0.903 bits per heavy atom. The highest BCUT2D eigenvalue weighted by atomic mass is 79.9. The van der Waals surface area contributed by atoms with E-state index in [2.05, 4.69) is 58.6 Å². The van der Waals surface area contributed by atoms with Crippen molar-refractivity contribution in [1.29, 1.82) is 0 Å². The number of hydrogen-bond acceptors (Lipinski definition) is 4. The van der Waals surface area contributed by atoms with Crippen molar-refractivity contribution in [3.8, 4) is 11.5 Å². The molecule has 3 aromatic carbocycles. The van der Waals surface area contributed by atoms with E-state index in [1.165, 1.54) is 0 Å². The number of hydrazine groups is 1. The second-order valence-corrected chi connectivity index (χ2v) is 9.09. The molecule has 6 nitrogen and oxygen atoms in total. The largest absolute Gasteiger partial charge is 0.492 e. The molecule has 0 radical (unpaired) electrons. The zero-order valence-electron chi connectivity index (χ0n) is 16.5. The third kappa shape index (κ3) is 6.21. The first-order valence-corrected chi connectivity index (χ1v) is 11.8. The van der Waals surface area contributed by atoms with Crippen molar-refractivity contribution in [3.05, 3.63) is 67.5 Å². The molecule has 31 heavy (non-hydrogen) atoms. The lowest BCUT2D eigenvalue weighted by Crippen LogP contribution is -2.43. The highest BCUT2D eigenvalue weighted by Crippen LogP contribution is 2.34. The second kappa shape index (κ2) is 11.0. The van der Waals surface area contributed by atoms with Crippen LogP contribution in [-0.4, -0.2) is 25.0 Å². The SMILES string of the molecule is CCCOc1ccc(C(=O)NNC(=O)COc2ccc3cc(Br)ccc3c2Br)cc1Br. The molecule has 3 rings (SSSR count). The predicted molar refractivity (Wildman–Crippen MR) is 130 cm³/mol. The molecule has 0 atom stereocenters. The number of carbonyl (C=O) groups is 2. The molecule has 0 aliphatic carbocycles. The molecule has 162 valence electrons. The highest BCUT2D eigenvalue weighted by Gasteiger charge is 2.12. The molecule has 0 heterocycles. The smallest absolute Gasteiger partial charge is 0.276 e. The minimum absolute atomic E-state index is 0.256. The van der Waals surface area contributed by atoms with Crippen LogP contribution in [0.1, 0.15) is 23.7 Å². The maximum atomic E-state index is 12.3. The average Bonchev–Trinajstić information content (AvgIpc) is 2.76. The Morgan fingerprint density at radius 3 is 2.42 bits per heavy atom. The molecule has 2 amide bonds. The van der Waals surface area contributed by atoms with E-state index >= 15 is 0 Å². The van der Waals surface area contributed by atoms with E-state index < -0.39 is 11.8 Å². The van der Waals surface area contributed by atoms with Crippen LogP contribution in [0.2, 0.25) is 0 Å². The average molecular weight is 615 g/mol. The quantitative estimate of drug-likeness (QED) is 0.332. The van der Waals surface area contributed by atoms with Crippen LogP contribution in [0.3, 0.4) is 0 Å². The molecule has 0 spiro atoms. The van der Waals surface area contributed by atoms with E-state index in [-0.39, 0.29) is 6.61 Å². The molecular weight excluding hydrogens is 596 g/mol. The van der Waals surface area contributed by atoms with Crippen molar-refractivity contribution in [2.45, 2.75) is 13.3 Å². The molecule has 0 aliphatic heterocycles. The normalized spacial score (nSPS) is 10.6. The van der Waals surface area contributed by atoms with Gasteiger partial charge in [-0.1, -0.05) is 35.0 Å². The monoisotopic (exact) mass is 612 g/mol. The van der Waals surface area contributed by atoms with Crippen LogP contribution in [0.15, 0.2) is 61.9 Å². The van der Waals surface area contributed by atoms with E-state index in [1.54, 1.807) is 24.3 Å². The molecule has 3 aromatic rings. The fourth-order valence-corrected chi connectivity index (χ4v) is 4.18. The first kappa shape index (κ1) is 23.6. The van der Waals surface area contributed by atoms with Crippen LogP contribution in [0, 0.1) is 0 Å². The van der Waals surface area contributed by atoms with E-state index in [0.717, 1.165) is 26.1 Å². The summed E-state index contributed by atoms with van der Waals surface area (Å²) >= 11 is 10.4. The molecular formula is C22H19Br3N2O4. The molecule has 0 fully saturated rings. The highest BCUT2D eigenvalue weighted by molar-refractivity contribution is 9.11. The zero-order chi connectivity index (χ0) is 22.4. The minimum atomic E-state index is -0.488. The van der Waals surface area contributed by atoms with E-state index in [9.17, 15) is 9.59 Å². The van der Waals surface area contributed by atoms with Crippen LogP contribution in [0.5, 0.6) is 11.5 Å². The van der Waals surface area contributed by atoms with Gasteiger partial charge in [-0.25, -0.2) is 0 Å². The second-order valence-electron chi connectivity index (χ2n) is 6.53. The lowest BCUT2D eigenvalue weighted by atomic mass is 10.1. The summed E-state index contributed by atoms with van der Waals surface area (Å²) in [5.41, 5.74) is 5.11. The zero-order valence-corrected chi connectivity index (χ0v) is 21.3. The third-order valence-corrected chi connectivity index (χ3v) is 6.14. The molecule has 9 heteroatoms. The number of hydrogen-bond donors (Lipinski definition) is 2. The fraction of sp³-hybridized carbons (Fsp3) is 0.182. The standard InChI is InChI=1S/C22H19Br3N2O4/c1-2-9-30-18-7-4-14(11-17(18)24)22(29)27-26-20(28)12-31-19-8-3-13-10-15(23)5-6-16(13)21(19)25/h3-8,10-11H,2,9,12H2,1H3,(H,26,28)(H,27,29). The summed E-state index contributed by atoms with van der Waals surface area (Å²) in [6, 6.07) is 14.5. The Balaban J connectivity index is 1.54. The van der Waals surface area contributed by atoms with Gasteiger partial charge in [0.1, 0.15) is 11.5 Å². The molecule has 0 unspecified atom stereocenters. The number of fused-ring (bicyclic) bond motifs is 1. The van der Waals surface area contributed by atoms with Crippen LogP contribution in [-0.2, 0) is 4.79 Å². The van der Waals surface area contributed by atoms with Crippen molar-refractivity contribution in [2.75, 3.05) is 13.2 Å². The van der Waals surface area contributed by atoms with Crippen molar-refractivity contribution < 1.29 is 19.1 Å². The molecule has 0 aliphatic rings. The lowest BCUT2D eigenvalue weighted by Gasteiger charge is -2.12. The summed E-state index contributed by atoms with van der Waals surface area (Å²) in [7, 11) is 0. The number of halogens is 3.